The lowest BCUT2D eigenvalue weighted by Crippen LogP contribution is -1.88. The van der Waals surface area contributed by atoms with Crippen LogP contribution in [0.3, 0.4) is 0 Å². The summed E-state index contributed by atoms with van der Waals surface area (Å²) in [4.78, 5) is 4.33. The van der Waals surface area contributed by atoms with Gasteiger partial charge in [-0.25, -0.2) is 4.98 Å². The van der Waals surface area contributed by atoms with Gasteiger partial charge in [0.15, 0.2) is 0 Å². The Kier molecular flexibility index (Phi) is 3.33. The molecule has 2 aromatic heterocycles. The highest BCUT2D eigenvalue weighted by Crippen LogP contribution is 2.10. The largest absolute Gasteiger partial charge is 0.398 e. The highest BCUT2D eigenvalue weighted by atomic mass is 79.9. The molecule has 0 bridgehead atoms. The van der Waals surface area contributed by atoms with Crippen LogP contribution in [0.4, 0.5) is 5.69 Å². The third-order valence-electron chi connectivity index (χ3n) is 1.66. The zero-order valence-electron chi connectivity index (χ0n) is 6.77. The van der Waals surface area contributed by atoms with Gasteiger partial charge in [0.1, 0.15) is 5.65 Å². The number of hydrogen-bond acceptors (Lipinski definition) is 2. The second-order valence-electron chi connectivity index (χ2n) is 2.59. The lowest BCUT2D eigenvalue weighted by atomic mass is 10.4. The highest BCUT2D eigenvalue weighted by Gasteiger charge is 1.98. The molecule has 2 rings (SSSR count). The number of pyridine rings is 1. The van der Waals surface area contributed by atoms with Crippen LogP contribution in [0.15, 0.2) is 24.5 Å². The summed E-state index contributed by atoms with van der Waals surface area (Å²) in [6, 6.07) is 3.75. The van der Waals surface area contributed by atoms with Crippen molar-refractivity contribution in [2.75, 3.05) is 5.73 Å². The van der Waals surface area contributed by atoms with E-state index in [1.807, 2.05) is 28.9 Å². The number of nitrogens with two attached hydrogens (primary N) is 1. The number of nitrogens with zero attached hydrogens (tertiary/aromatic N) is 2. The van der Waals surface area contributed by atoms with Gasteiger partial charge in [-0.2, -0.15) is 0 Å². The Balaban J connectivity index is 0.000000845. The molecule has 2 N–H and O–H groups in total. The van der Waals surface area contributed by atoms with Crippen LogP contribution in [0.25, 0.3) is 5.65 Å². The molecule has 0 atom stereocenters. The maximum Gasteiger partial charge on any atom is 0.137 e. The standard InChI is InChI=1S/C8H8BrN3.BrH/c9-3-7-5-12-4-6(10)1-2-8(12)11-7;/h1-2,4-5H,3,10H2;1H. The second kappa shape index (κ2) is 4.11. The monoisotopic (exact) mass is 305 g/mol. The van der Waals surface area contributed by atoms with Crippen LogP contribution >= 0.6 is 32.9 Å². The first-order valence-corrected chi connectivity index (χ1v) is 4.71. The van der Waals surface area contributed by atoms with E-state index >= 15 is 0 Å². The zero-order valence-corrected chi connectivity index (χ0v) is 10.1. The molecule has 13 heavy (non-hydrogen) atoms. The summed E-state index contributed by atoms with van der Waals surface area (Å²) in [5, 5.41) is 0.772. The summed E-state index contributed by atoms with van der Waals surface area (Å²) in [6.45, 7) is 0. The van der Waals surface area contributed by atoms with Crippen molar-refractivity contribution in [3.05, 3.63) is 30.2 Å². The smallest absolute Gasteiger partial charge is 0.137 e. The molecule has 5 heteroatoms. The topological polar surface area (TPSA) is 43.3 Å². The molecule has 0 saturated heterocycles. The third-order valence-corrected chi connectivity index (χ3v) is 2.24. The molecule has 0 fully saturated rings. The number of hydrogen-bond donors (Lipinski definition) is 1. The molecule has 2 aromatic rings. The van der Waals surface area contributed by atoms with E-state index in [0.29, 0.717) is 0 Å². The molecule has 0 unspecified atom stereocenters. The van der Waals surface area contributed by atoms with Crippen molar-refractivity contribution < 1.29 is 0 Å². The first-order chi connectivity index (χ1) is 5.79. The zero-order chi connectivity index (χ0) is 8.55. The Hall–Kier alpha value is -0.550. The van der Waals surface area contributed by atoms with Gasteiger partial charge in [0.05, 0.1) is 5.69 Å². The normalized spacial score (nSPS) is 9.92. The number of imidazole rings is 1. The quantitative estimate of drug-likeness (QED) is 0.822. The number of halogens is 2. The fraction of sp³-hybridized carbons (Fsp3) is 0.125. The number of nitrogen functional groups attached to an aromatic ring is 1. The summed E-state index contributed by atoms with van der Waals surface area (Å²) in [7, 11) is 0. The predicted molar refractivity (Wildman–Crippen MR) is 62.6 cm³/mol. The van der Waals surface area contributed by atoms with Crippen LogP contribution in [0, 0.1) is 0 Å². The van der Waals surface area contributed by atoms with Gasteiger partial charge in [-0.3, -0.25) is 0 Å². The number of fused-ring (bicyclic) bond motifs is 1. The van der Waals surface area contributed by atoms with E-state index in [-0.39, 0.29) is 17.0 Å². The average molecular weight is 307 g/mol. The minimum atomic E-state index is 0. The van der Waals surface area contributed by atoms with Gasteiger partial charge >= 0.3 is 0 Å². The van der Waals surface area contributed by atoms with E-state index in [1.165, 1.54) is 0 Å². The fourth-order valence-corrected chi connectivity index (χ4v) is 1.40. The van der Waals surface area contributed by atoms with E-state index in [4.69, 9.17) is 5.73 Å². The SMILES string of the molecule is Br.Nc1ccc2nc(CBr)cn2c1. The number of alkyl halides is 1. The third kappa shape index (κ3) is 2.03. The maximum absolute atomic E-state index is 5.61. The van der Waals surface area contributed by atoms with Crippen LogP contribution < -0.4 is 5.73 Å². The van der Waals surface area contributed by atoms with Gasteiger partial charge in [-0.1, -0.05) is 15.9 Å². The molecular formula is C8H9Br2N3. The molecule has 3 nitrogen and oxygen atoms in total. The van der Waals surface area contributed by atoms with Gasteiger partial charge in [0, 0.05) is 23.4 Å². The van der Waals surface area contributed by atoms with Crippen LogP contribution in [0.1, 0.15) is 5.69 Å². The van der Waals surface area contributed by atoms with Crippen molar-refractivity contribution in [1.29, 1.82) is 0 Å². The molecule has 0 spiro atoms. The van der Waals surface area contributed by atoms with Crippen LogP contribution in [-0.2, 0) is 5.33 Å². The number of anilines is 1. The molecule has 0 aromatic carbocycles. The van der Waals surface area contributed by atoms with Crippen molar-refractivity contribution in [3.63, 3.8) is 0 Å². The van der Waals surface area contributed by atoms with Crippen molar-refractivity contribution in [3.8, 4) is 0 Å². The first kappa shape index (κ1) is 10.5. The van der Waals surface area contributed by atoms with Gasteiger partial charge in [-0.05, 0) is 12.1 Å². The van der Waals surface area contributed by atoms with Crippen molar-refractivity contribution in [2.24, 2.45) is 0 Å². The van der Waals surface area contributed by atoms with Crippen molar-refractivity contribution in [2.45, 2.75) is 5.33 Å². The molecule has 0 aliphatic heterocycles. The Morgan fingerprint density at radius 3 is 2.85 bits per heavy atom. The van der Waals surface area contributed by atoms with Gasteiger partial charge in [-0.15, -0.1) is 17.0 Å². The summed E-state index contributed by atoms with van der Waals surface area (Å²) in [5.41, 5.74) is 8.31. The van der Waals surface area contributed by atoms with Crippen LogP contribution in [0.2, 0.25) is 0 Å². The van der Waals surface area contributed by atoms with E-state index < -0.39 is 0 Å². The van der Waals surface area contributed by atoms with Gasteiger partial charge in [0.25, 0.3) is 0 Å². The molecule has 0 amide bonds. The van der Waals surface area contributed by atoms with Crippen molar-refractivity contribution in [1.82, 2.24) is 9.38 Å². The summed E-state index contributed by atoms with van der Waals surface area (Å²) < 4.78 is 1.92. The molecular weight excluding hydrogens is 298 g/mol. The molecule has 0 aliphatic rings. The van der Waals surface area contributed by atoms with Crippen molar-refractivity contribution >= 4 is 44.2 Å². The number of rotatable bonds is 1. The summed E-state index contributed by atoms with van der Waals surface area (Å²) >= 11 is 3.35. The molecule has 0 radical (unpaired) electrons. The van der Waals surface area contributed by atoms with E-state index in [9.17, 15) is 0 Å². The molecule has 0 aliphatic carbocycles. The second-order valence-corrected chi connectivity index (χ2v) is 3.15. The summed E-state index contributed by atoms with van der Waals surface area (Å²) in [6.07, 6.45) is 3.81. The average Bonchev–Trinajstić information content (AvgIpc) is 2.46. The Bertz CT molecular complexity index is 411. The van der Waals surface area contributed by atoms with Gasteiger partial charge < -0.3 is 10.1 Å². The maximum atomic E-state index is 5.61. The Labute approximate surface area is 94.9 Å². The Morgan fingerprint density at radius 2 is 2.15 bits per heavy atom. The van der Waals surface area contributed by atoms with Gasteiger partial charge in [0.2, 0.25) is 0 Å². The van der Waals surface area contributed by atoms with E-state index in [0.717, 1.165) is 22.4 Å². The first-order valence-electron chi connectivity index (χ1n) is 3.58. The minimum Gasteiger partial charge on any atom is -0.398 e. The van der Waals surface area contributed by atoms with Crippen LogP contribution in [0.5, 0.6) is 0 Å². The Morgan fingerprint density at radius 1 is 1.38 bits per heavy atom. The molecule has 70 valence electrons. The lowest BCUT2D eigenvalue weighted by molar-refractivity contribution is 1.19. The highest BCUT2D eigenvalue weighted by molar-refractivity contribution is 9.08. The van der Waals surface area contributed by atoms with Crippen LogP contribution in [-0.4, -0.2) is 9.38 Å². The lowest BCUT2D eigenvalue weighted by Gasteiger charge is -1.93. The number of aromatic nitrogens is 2. The minimum absolute atomic E-state index is 0. The molecule has 2 heterocycles. The summed E-state index contributed by atoms with van der Waals surface area (Å²) in [5.74, 6) is 0. The molecule has 0 saturated carbocycles. The fourth-order valence-electron chi connectivity index (χ4n) is 1.13. The predicted octanol–water partition coefficient (Wildman–Crippen LogP) is 2.39. The van der Waals surface area contributed by atoms with E-state index in [1.54, 1.807) is 0 Å². The van der Waals surface area contributed by atoms with E-state index in [2.05, 4.69) is 20.9 Å².